The zero-order valence-electron chi connectivity index (χ0n) is 9.52. The molecule has 10 heteroatoms. The van der Waals surface area contributed by atoms with Crippen LogP contribution in [0.15, 0.2) is 38.4 Å². The predicted molar refractivity (Wildman–Crippen MR) is 69.7 cm³/mol. The molecule has 0 aliphatic heterocycles. The third-order valence-corrected chi connectivity index (χ3v) is 4.47. The quantitative estimate of drug-likeness (QED) is 0.864. The summed E-state index contributed by atoms with van der Waals surface area (Å²) in [6.45, 7) is 0. The highest BCUT2D eigenvalue weighted by Crippen LogP contribution is 2.27. The average Bonchev–Trinajstić information content (AvgIpc) is 2.30. The molecule has 0 spiro atoms. The van der Waals surface area contributed by atoms with Crippen LogP contribution in [0.4, 0.5) is 14.6 Å². The molecule has 0 aliphatic carbocycles. The van der Waals surface area contributed by atoms with E-state index in [1.807, 2.05) is 9.82 Å². The van der Waals surface area contributed by atoms with Gasteiger partial charge >= 0.3 is 0 Å². The molecule has 1 heterocycles. The fraction of sp³-hybridized carbons (Fsp3) is 0. The first-order chi connectivity index (χ1) is 9.29. The summed E-state index contributed by atoms with van der Waals surface area (Å²) in [7, 11) is -4.33. The minimum atomic E-state index is -4.33. The number of anilines is 1. The van der Waals surface area contributed by atoms with Gasteiger partial charge in [0.2, 0.25) is 0 Å². The lowest BCUT2D eigenvalue weighted by atomic mass is 10.3. The molecule has 0 aliphatic rings. The molecule has 106 valence electrons. The second kappa shape index (κ2) is 5.29. The van der Waals surface area contributed by atoms with Crippen molar-refractivity contribution in [3.8, 4) is 0 Å². The summed E-state index contributed by atoms with van der Waals surface area (Å²) in [5.74, 6) is -2.38. The summed E-state index contributed by atoms with van der Waals surface area (Å²) < 4.78 is 52.2. The Morgan fingerprint density at radius 2 is 1.95 bits per heavy atom. The topological polar surface area (TPSA) is 91.9 Å². The van der Waals surface area contributed by atoms with Crippen LogP contribution < -0.4 is 10.3 Å². The maximum Gasteiger partial charge on any atom is 0.267 e. The summed E-state index contributed by atoms with van der Waals surface area (Å²) in [6.07, 6.45) is 0. The van der Waals surface area contributed by atoms with Gasteiger partial charge in [-0.05, 0) is 28.1 Å². The monoisotopic (exact) mass is 365 g/mol. The second-order valence-electron chi connectivity index (χ2n) is 3.61. The molecule has 6 nitrogen and oxygen atoms in total. The van der Waals surface area contributed by atoms with Crippen molar-refractivity contribution in [2.75, 3.05) is 4.72 Å². The molecule has 2 N–H and O–H groups in total. The number of rotatable bonds is 3. The van der Waals surface area contributed by atoms with Crippen molar-refractivity contribution in [2.45, 2.75) is 4.90 Å². The third-order valence-electron chi connectivity index (χ3n) is 2.15. The summed E-state index contributed by atoms with van der Waals surface area (Å²) >= 11 is 2.78. The van der Waals surface area contributed by atoms with Gasteiger partial charge in [-0.25, -0.2) is 22.3 Å². The number of H-pyrrole nitrogens is 1. The first-order valence-electron chi connectivity index (χ1n) is 5.03. The number of aromatic nitrogens is 2. The molecule has 0 saturated carbocycles. The van der Waals surface area contributed by atoms with Crippen molar-refractivity contribution in [3.63, 3.8) is 0 Å². The first kappa shape index (κ1) is 14.6. The number of benzene rings is 1. The Hall–Kier alpha value is -1.81. The molecule has 1 aromatic heterocycles. The van der Waals surface area contributed by atoms with E-state index in [0.717, 1.165) is 18.2 Å². The molecule has 20 heavy (non-hydrogen) atoms. The fourth-order valence-corrected chi connectivity index (χ4v) is 3.55. The van der Waals surface area contributed by atoms with E-state index in [4.69, 9.17) is 0 Å². The Bertz CT molecular complexity index is 779. The largest absolute Gasteiger partial charge is 0.268 e. The molecule has 2 rings (SSSR count). The normalized spacial score (nSPS) is 11.3. The molecule has 0 unspecified atom stereocenters. The van der Waals surface area contributed by atoms with Gasteiger partial charge in [0, 0.05) is 16.6 Å². The van der Waals surface area contributed by atoms with Crippen molar-refractivity contribution in [3.05, 3.63) is 50.7 Å². The van der Waals surface area contributed by atoms with E-state index in [1.54, 1.807) is 0 Å². The molecular formula is C10H6BrF2N3O3S. The van der Waals surface area contributed by atoms with Crippen LogP contribution in [0.3, 0.4) is 0 Å². The van der Waals surface area contributed by atoms with Crippen molar-refractivity contribution >= 4 is 31.8 Å². The van der Waals surface area contributed by atoms with E-state index in [2.05, 4.69) is 21.0 Å². The molecule has 0 amide bonds. The highest BCUT2D eigenvalue weighted by Gasteiger charge is 2.24. The second-order valence-corrected chi connectivity index (χ2v) is 6.08. The van der Waals surface area contributed by atoms with Crippen LogP contribution in [0, 0.1) is 11.6 Å². The van der Waals surface area contributed by atoms with E-state index in [-0.39, 0.29) is 10.3 Å². The van der Waals surface area contributed by atoms with Gasteiger partial charge in [-0.1, -0.05) is 0 Å². The van der Waals surface area contributed by atoms with Gasteiger partial charge in [0.25, 0.3) is 15.6 Å². The maximum absolute atomic E-state index is 13.6. The number of sulfonamides is 1. The van der Waals surface area contributed by atoms with Crippen LogP contribution in [0.1, 0.15) is 0 Å². The van der Waals surface area contributed by atoms with Crippen molar-refractivity contribution in [1.29, 1.82) is 0 Å². The predicted octanol–water partition coefficient (Wildman–Crippen LogP) is 1.61. The SMILES string of the molecule is O=c1ccc(NS(=O)(=O)c2c(F)cc(F)cc2Br)n[nH]1. The number of aromatic amines is 1. The van der Waals surface area contributed by atoms with Crippen LogP contribution in [0.5, 0.6) is 0 Å². The number of nitrogens with one attached hydrogen (secondary N) is 2. The van der Waals surface area contributed by atoms with Gasteiger partial charge in [0.15, 0.2) is 5.82 Å². The fourth-order valence-electron chi connectivity index (χ4n) is 1.38. The Morgan fingerprint density at radius 1 is 1.25 bits per heavy atom. The molecule has 0 fully saturated rings. The summed E-state index contributed by atoms with van der Waals surface area (Å²) in [5, 5.41) is 5.44. The molecular weight excluding hydrogens is 360 g/mol. The van der Waals surface area contributed by atoms with E-state index < -0.39 is 32.1 Å². The van der Waals surface area contributed by atoms with Crippen LogP contribution in [-0.4, -0.2) is 18.6 Å². The van der Waals surface area contributed by atoms with E-state index in [9.17, 15) is 22.0 Å². The Morgan fingerprint density at radius 3 is 2.50 bits per heavy atom. The number of nitrogens with zero attached hydrogens (tertiary/aromatic N) is 1. The van der Waals surface area contributed by atoms with Crippen LogP contribution in [0.2, 0.25) is 0 Å². The zero-order valence-corrected chi connectivity index (χ0v) is 11.9. The summed E-state index contributed by atoms with van der Waals surface area (Å²) in [4.78, 5) is 10.0. The molecule has 0 radical (unpaired) electrons. The number of hydrogen-bond donors (Lipinski definition) is 2. The van der Waals surface area contributed by atoms with Gasteiger partial charge in [-0.2, -0.15) is 5.10 Å². The molecule has 0 atom stereocenters. The minimum absolute atomic E-state index is 0.208. The minimum Gasteiger partial charge on any atom is -0.268 e. The Balaban J connectivity index is 2.46. The van der Waals surface area contributed by atoms with Gasteiger partial charge < -0.3 is 0 Å². The van der Waals surface area contributed by atoms with Gasteiger partial charge in [-0.3, -0.25) is 9.52 Å². The van der Waals surface area contributed by atoms with Gasteiger partial charge in [0.05, 0.1) is 0 Å². The average molecular weight is 366 g/mol. The van der Waals surface area contributed by atoms with E-state index in [1.165, 1.54) is 0 Å². The first-order valence-corrected chi connectivity index (χ1v) is 7.30. The van der Waals surface area contributed by atoms with Crippen LogP contribution >= 0.6 is 15.9 Å². The lowest BCUT2D eigenvalue weighted by Gasteiger charge is -2.09. The third kappa shape index (κ3) is 3.02. The lowest BCUT2D eigenvalue weighted by Crippen LogP contribution is -2.18. The van der Waals surface area contributed by atoms with Crippen LogP contribution in [0.25, 0.3) is 0 Å². The Labute approximate surface area is 120 Å². The highest BCUT2D eigenvalue weighted by molar-refractivity contribution is 9.10. The molecule has 2 aromatic rings. The van der Waals surface area contributed by atoms with Crippen molar-refractivity contribution < 1.29 is 17.2 Å². The highest BCUT2D eigenvalue weighted by atomic mass is 79.9. The molecule has 1 aromatic carbocycles. The van der Waals surface area contributed by atoms with Gasteiger partial charge in [0.1, 0.15) is 16.5 Å². The summed E-state index contributed by atoms with van der Waals surface area (Å²) in [6, 6.07) is 3.41. The van der Waals surface area contributed by atoms with E-state index in [0.29, 0.717) is 6.07 Å². The van der Waals surface area contributed by atoms with E-state index >= 15 is 0 Å². The van der Waals surface area contributed by atoms with Crippen molar-refractivity contribution in [2.24, 2.45) is 0 Å². The molecule has 0 saturated heterocycles. The maximum atomic E-state index is 13.6. The smallest absolute Gasteiger partial charge is 0.267 e. The van der Waals surface area contributed by atoms with Crippen molar-refractivity contribution in [1.82, 2.24) is 10.2 Å². The Kier molecular flexibility index (Phi) is 3.86. The number of hydrogen-bond acceptors (Lipinski definition) is 4. The number of halogens is 3. The lowest BCUT2D eigenvalue weighted by molar-refractivity contribution is 0.548. The standard InChI is InChI=1S/C10H6BrF2N3O3S/c11-6-3-5(12)4-7(13)10(6)20(18,19)16-8-1-2-9(17)15-14-8/h1-4H,(H,14,16)(H,15,17). The molecule has 0 bridgehead atoms. The van der Waals surface area contributed by atoms with Crippen LogP contribution in [-0.2, 0) is 10.0 Å². The summed E-state index contributed by atoms with van der Waals surface area (Å²) in [5.41, 5.74) is -0.526. The zero-order chi connectivity index (χ0) is 14.9. The van der Waals surface area contributed by atoms with Gasteiger partial charge in [-0.15, -0.1) is 0 Å².